The third-order valence-corrected chi connectivity index (χ3v) is 4.28. The molecule has 0 saturated carbocycles. The summed E-state index contributed by atoms with van der Waals surface area (Å²) in [7, 11) is 0. The third-order valence-electron chi connectivity index (χ3n) is 4.28. The summed E-state index contributed by atoms with van der Waals surface area (Å²) in [6, 6.07) is 13.3. The Morgan fingerprint density at radius 2 is 2.11 bits per heavy atom. The highest BCUT2D eigenvalue weighted by atomic mass is 15.2. The summed E-state index contributed by atoms with van der Waals surface area (Å²) in [6.07, 6.45) is 4.42. The minimum Gasteiger partial charge on any atom is -0.367 e. The SMILES string of the molecule is N#CC1(Nc2ccccc2)CCN2CCCC2C1. The molecule has 1 aromatic carbocycles. The van der Waals surface area contributed by atoms with E-state index in [-0.39, 0.29) is 5.54 Å². The maximum absolute atomic E-state index is 9.59. The van der Waals surface area contributed by atoms with Gasteiger partial charge in [0.25, 0.3) is 0 Å². The van der Waals surface area contributed by atoms with E-state index in [1.54, 1.807) is 0 Å². The lowest BCUT2D eigenvalue weighted by Gasteiger charge is -2.40. The maximum atomic E-state index is 9.59. The minimum atomic E-state index is -0.368. The molecule has 3 heteroatoms. The van der Waals surface area contributed by atoms with E-state index in [2.05, 4.69) is 16.3 Å². The predicted molar refractivity (Wildman–Crippen MR) is 72.2 cm³/mol. The van der Waals surface area contributed by atoms with Crippen molar-refractivity contribution < 1.29 is 0 Å². The lowest BCUT2D eigenvalue weighted by Crippen LogP contribution is -2.51. The van der Waals surface area contributed by atoms with Gasteiger partial charge in [-0.25, -0.2) is 0 Å². The highest BCUT2D eigenvalue weighted by Crippen LogP contribution is 2.34. The summed E-state index contributed by atoms with van der Waals surface area (Å²) in [5, 5.41) is 13.1. The summed E-state index contributed by atoms with van der Waals surface area (Å²) in [5.74, 6) is 0. The van der Waals surface area contributed by atoms with Crippen molar-refractivity contribution in [3.8, 4) is 6.07 Å². The summed E-state index contributed by atoms with van der Waals surface area (Å²) >= 11 is 0. The van der Waals surface area contributed by atoms with Gasteiger partial charge >= 0.3 is 0 Å². The van der Waals surface area contributed by atoms with E-state index in [0.717, 1.165) is 25.1 Å². The van der Waals surface area contributed by atoms with Crippen molar-refractivity contribution in [2.45, 2.75) is 37.3 Å². The summed E-state index contributed by atoms with van der Waals surface area (Å²) < 4.78 is 0. The summed E-state index contributed by atoms with van der Waals surface area (Å²) in [6.45, 7) is 2.27. The van der Waals surface area contributed by atoms with Gasteiger partial charge in [-0.1, -0.05) is 18.2 Å². The molecule has 0 radical (unpaired) electrons. The zero-order chi connectivity index (χ0) is 12.4. The molecule has 2 aliphatic heterocycles. The van der Waals surface area contributed by atoms with E-state index in [9.17, 15) is 5.26 Å². The van der Waals surface area contributed by atoms with Crippen LogP contribution >= 0.6 is 0 Å². The number of nitrogens with zero attached hydrogens (tertiary/aromatic N) is 2. The molecular formula is C15H19N3. The molecule has 2 saturated heterocycles. The fourth-order valence-electron chi connectivity index (χ4n) is 3.30. The monoisotopic (exact) mass is 241 g/mol. The van der Waals surface area contributed by atoms with E-state index < -0.39 is 0 Å². The summed E-state index contributed by atoms with van der Waals surface area (Å²) in [5.41, 5.74) is 0.692. The molecule has 0 aliphatic carbocycles. The first-order valence-electron chi connectivity index (χ1n) is 6.80. The lowest BCUT2D eigenvalue weighted by molar-refractivity contribution is 0.165. The van der Waals surface area contributed by atoms with Gasteiger partial charge in [0, 0.05) is 18.3 Å². The number of nitrogens with one attached hydrogen (secondary N) is 1. The second-order valence-electron chi connectivity index (χ2n) is 5.47. The number of benzene rings is 1. The van der Waals surface area contributed by atoms with Crippen LogP contribution in [0.2, 0.25) is 0 Å². The van der Waals surface area contributed by atoms with Crippen LogP contribution in [0.4, 0.5) is 5.69 Å². The van der Waals surface area contributed by atoms with Gasteiger partial charge < -0.3 is 10.2 Å². The summed E-state index contributed by atoms with van der Waals surface area (Å²) in [4.78, 5) is 2.54. The van der Waals surface area contributed by atoms with Gasteiger partial charge in [0.15, 0.2) is 0 Å². The number of nitriles is 1. The Balaban J connectivity index is 1.77. The van der Waals surface area contributed by atoms with E-state index in [0.29, 0.717) is 6.04 Å². The maximum Gasteiger partial charge on any atom is 0.128 e. The van der Waals surface area contributed by atoms with Crippen molar-refractivity contribution in [3.05, 3.63) is 30.3 Å². The first kappa shape index (κ1) is 11.6. The van der Waals surface area contributed by atoms with Gasteiger partial charge in [-0.05, 0) is 44.4 Å². The number of piperidine rings is 1. The number of hydrogen-bond donors (Lipinski definition) is 1. The second-order valence-corrected chi connectivity index (χ2v) is 5.47. The number of para-hydroxylation sites is 1. The topological polar surface area (TPSA) is 39.1 Å². The van der Waals surface area contributed by atoms with Gasteiger partial charge in [-0.2, -0.15) is 5.26 Å². The standard InChI is InChI=1S/C15H19N3/c16-12-15(17-13-5-2-1-3-6-13)8-10-18-9-4-7-14(18)11-15/h1-3,5-6,14,17H,4,7-11H2. The fourth-order valence-corrected chi connectivity index (χ4v) is 3.30. The van der Waals surface area contributed by atoms with Crippen LogP contribution in [-0.4, -0.2) is 29.6 Å². The Hall–Kier alpha value is -1.53. The van der Waals surface area contributed by atoms with Crippen LogP contribution in [0, 0.1) is 11.3 Å². The van der Waals surface area contributed by atoms with Crippen molar-refractivity contribution in [3.63, 3.8) is 0 Å². The third kappa shape index (κ3) is 2.09. The smallest absolute Gasteiger partial charge is 0.128 e. The van der Waals surface area contributed by atoms with E-state index >= 15 is 0 Å². The second kappa shape index (κ2) is 4.62. The van der Waals surface area contributed by atoms with Gasteiger partial charge in [0.05, 0.1) is 6.07 Å². The molecule has 3 nitrogen and oxygen atoms in total. The highest BCUT2D eigenvalue weighted by molar-refractivity contribution is 5.47. The van der Waals surface area contributed by atoms with Crippen molar-refractivity contribution >= 4 is 5.69 Å². The molecule has 2 fully saturated rings. The minimum absolute atomic E-state index is 0.368. The molecule has 0 spiro atoms. The number of rotatable bonds is 2. The molecule has 18 heavy (non-hydrogen) atoms. The van der Waals surface area contributed by atoms with Crippen LogP contribution in [0.5, 0.6) is 0 Å². The molecule has 0 aromatic heterocycles. The average Bonchev–Trinajstić information content (AvgIpc) is 2.87. The van der Waals surface area contributed by atoms with Crippen LogP contribution in [0.25, 0.3) is 0 Å². The van der Waals surface area contributed by atoms with Gasteiger partial charge in [-0.15, -0.1) is 0 Å². The van der Waals surface area contributed by atoms with Gasteiger partial charge in [0.2, 0.25) is 0 Å². The number of hydrogen-bond acceptors (Lipinski definition) is 3. The molecule has 2 unspecified atom stereocenters. The molecule has 0 bridgehead atoms. The molecule has 0 amide bonds. The van der Waals surface area contributed by atoms with E-state index in [1.165, 1.54) is 19.4 Å². The number of fused-ring (bicyclic) bond motifs is 1. The molecule has 2 heterocycles. The quantitative estimate of drug-likeness (QED) is 0.865. The molecule has 2 aliphatic rings. The molecule has 2 atom stereocenters. The first-order chi connectivity index (χ1) is 8.81. The first-order valence-corrected chi connectivity index (χ1v) is 6.80. The number of anilines is 1. The lowest BCUT2D eigenvalue weighted by atomic mass is 9.84. The largest absolute Gasteiger partial charge is 0.367 e. The highest BCUT2D eigenvalue weighted by Gasteiger charge is 2.41. The molecule has 1 aromatic rings. The van der Waals surface area contributed by atoms with Crippen molar-refractivity contribution in [1.82, 2.24) is 4.90 Å². The molecular weight excluding hydrogens is 222 g/mol. The van der Waals surface area contributed by atoms with E-state index in [1.807, 2.05) is 30.3 Å². The van der Waals surface area contributed by atoms with Gasteiger partial charge in [-0.3, -0.25) is 0 Å². The molecule has 3 rings (SSSR count). The normalized spacial score (nSPS) is 31.6. The van der Waals surface area contributed by atoms with Crippen LogP contribution < -0.4 is 5.32 Å². The Morgan fingerprint density at radius 3 is 2.89 bits per heavy atom. The molecule has 94 valence electrons. The fraction of sp³-hybridized carbons (Fsp3) is 0.533. The van der Waals surface area contributed by atoms with Crippen LogP contribution in [0.15, 0.2) is 30.3 Å². The van der Waals surface area contributed by atoms with Crippen molar-refractivity contribution in [2.75, 3.05) is 18.4 Å². The van der Waals surface area contributed by atoms with E-state index in [4.69, 9.17) is 0 Å². The Labute approximate surface area is 108 Å². The van der Waals surface area contributed by atoms with Crippen molar-refractivity contribution in [2.24, 2.45) is 0 Å². The molecule has 1 N–H and O–H groups in total. The zero-order valence-electron chi connectivity index (χ0n) is 10.6. The Kier molecular flexibility index (Phi) is 2.97. The van der Waals surface area contributed by atoms with Crippen LogP contribution in [0.1, 0.15) is 25.7 Å². The predicted octanol–water partition coefficient (Wildman–Crippen LogP) is 2.62. The van der Waals surface area contributed by atoms with Crippen molar-refractivity contribution in [1.29, 1.82) is 5.26 Å². The average molecular weight is 241 g/mol. The van der Waals surface area contributed by atoms with Gasteiger partial charge in [0.1, 0.15) is 5.54 Å². The Morgan fingerprint density at radius 1 is 1.28 bits per heavy atom. The Bertz CT molecular complexity index is 451. The zero-order valence-corrected chi connectivity index (χ0v) is 10.6. The van der Waals surface area contributed by atoms with Crippen LogP contribution in [-0.2, 0) is 0 Å². The van der Waals surface area contributed by atoms with Crippen LogP contribution in [0.3, 0.4) is 0 Å².